The maximum Gasteiger partial charge on any atom is 0.306 e. The summed E-state index contributed by atoms with van der Waals surface area (Å²) in [5.74, 6) is -0.606. The molecule has 0 saturated carbocycles. The maximum absolute atomic E-state index is 11.8. The van der Waals surface area contributed by atoms with Crippen molar-refractivity contribution in [2.45, 2.75) is 123 Å². The summed E-state index contributed by atoms with van der Waals surface area (Å²) >= 11 is 0. The number of hydrogen-bond acceptors (Lipinski definition) is 5. The van der Waals surface area contributed by atoms with Crippen LogP contribution in [0.2, 0.25) is 0 Å². The number of carbonyl (C=O) groups is 2. The highest BCUT2D eigenvalue weighted by atomic mass is 16.6. The van der Waals surface area contributed by atoms with Gasteiger partial charge in [0.05, 0.1) is 6.61 Å². The lowest BCUT2D eigenvalue weighted by Gasteiger charge is -2.15. The molecule has 0 aromatic rings. The molecule has 0 fully saturated rings. The molecule has 1 atom stereocenters. The molecule has 166 valence electrons. The Hall–Kier alpha value is -1.10. The van der Waals surface area contributed by atoms with Crippen LogP contribution in [0.4, 0.5) is 0 Å². The third-order valence-corrected chi connectivity index (χ3v) is 4.90. The van der Waals surface area contributed by atoms with E-state index in [1.54, 1.807) is 0 Å². The topological polar surface area (TPSA) is 72.8 Å². The van der Waals surface area contributed by atoms with Crippen LogP contribution in [0.1, 0.15) is 117 Å². The standard InChI is InChI=1S/C23H44O5/c1-3-5-7-9-11-13-15-17-22(25)27-20-21(19-24)28-23(26)18-16-14-12-10-8-6-4-2/h21,24H,3-20H2,1-2H3/t21-/m1/s1. The summed E-state index contributed by atoms with van der Waals surface area (Å²) in [5.41, 5.74) is 0. The van der Waals surface area contributed by atoms with Crippen molar-refractivity contribution in [1.82, 2.24) is 0 Å². The maximum atomic E-state index is 11.8. The second-order valence-corrected chi connectivity index (χ2v) is 7.72. The number of aliphatic hydroxyl groups excluding tert-OH is 1. The third-order valence-electron chi connectivity index (χ3n) is 4.90. The zero-order valence-corrected chi connectivity index (χ0v) is 18.4. The van der Waals surface area contributed by atoms with Gasteiger partial charge in [-0.2, -0.15) is 0 Å². The van der Waals surface area contributed by atoms with Gasteiger partial charge in [0.2, 0.25) is 0 Å². The monoisotopic (exact) mass is 400 g/mol. The molecule has 0 rings (SSSR count). The molecule has 0 heterocycles. The molecule has 0 spiro atoms. The molecule has 28 heavy (non-hydrogen) atoms. The van der Waals surface area contributed by atoms with E-state index in [1.165, 1.54) is 51.4 Å². The second kappa shape index (κ2) is 20.6. The van der Waals surface area contributed by atoms with Gasteiger partial charge in [0.1, 0.15) is 6.61 Å². The van der Waals surface area contributed by atoms with E-state index in [4.69, 9.17) is 9.47 Å². The lowest BCUT2D eigenvalue weighted by molar-refractivity contribution is -0.161. The molecule has 5 nitrogen and oxygen atoms in total. The minimum absolute atomic E-state index is 0.0609. The number of aliphatic hydroxyl groups is 1. The van der Waals surface area contributed by atoms with Gasteiger partial charge in [-0.05, 0) is 12.8 Å². The molecule has 1 N–H and O–H groups in total. The highest BCUT2D eigenvalue weighted by Crippen LogP contribution is 2.11. The summed E-state index contributed by atoms with van der Waals surface area (Å²) in [6.45, 7) is 4.01. The molecule has 0 aliphatic rings. The fourth-order valence-electron chi connectivity index (χ4n) is 3.08. The average molecular weight is 401 g/mol. The summed E-state index contributed by atoms with van der Waals surface area (Å²) < 4.78 is 10.4. The molecular weight excluding hydrogens is 356 g/mol. The van der Waals surface area contributed by atoms with Crippen LogP contribution in [0, 0.1) is 0 Å². The summed E-state index contributed by atoms with van der Waals surface area (Å²) in [6, 6.07) is 0. The van der Waals surface area contributed by atoms with Crippen molar-refractivity contribution in [1.29, 1.82) is 0 Å². The Bertz CT molecular complexity index is 370. The van der Waals surface area contributed by atoms with E-state index in [9.17, 15) is 14.7 Å². The van der Waals surface area contributed by atoms with E-state index >= 15 is 0 Å². The van der Waals surface area contributed by atoms with Crippen molar-refractivity contribution in [3.63, 3.8) is 0 Å². The van der Waals surface area contributed by atoms with E-state index in [0.29, 0.717) is 12.8 Å². The first-order valence-electron chi connectivity index (χ1n) is 11.6. The van der Waals surface area contributed by atoms with Crippen LogP contribution in [-0.2, 0) is 19.1 Å². The average Bonchev–Trinajstić information content (AvgIpc) is 2.69. The number of ether oxygens (including phenoxy) is 2. The number of hydrogen-bond donors (Lipinski definition) is 1. The lowest BCUT2D eigenvalue weighted by atomic mass is 10.1. The van der Waals surface area contributed by atoms with Crippen LogP contribution in [0.3, 0.4) is 0 Å². The SMILES string of the molecule is CCCCCCCCCC(=O)OC[C@@H](CO)OC(=O)CCCCCCCCC. The number of rotatable bonds is 20. The largest absolute Gasteiger partial charge is 0.462 e. The van der Waals surface area contributed by atoms with Crippen LogP contribution in [0.25, 0.3) is 0 Å². The van der Waals surface area contributed by atoms with Gasteiger partial charge in [0.15, 0.2) is 6.10 Å². The van der Waals surface area contributed by atoms with Crippen LogP contribution < -0.4 is 0 Å². The molecule has 0 saturated heterocycles. The van der Waals surface area contributed by atoms with Crippen molar-refractivity contribution in [2.24, 2.45) is 0 Å². The van der Waals surface area contributed by atoms with Crippen molar-refractivity contribution >= 4 is 11.9 Å². The van der Waals surface area contributed by atoms with Gasteiger partial charge in [-0.3, -0.25) is 9.59 Å². The van der Waals surface area contributed by atoms with E-state index in [-0.39, 0.29) is 25.2 Å². The summed E-state index contributed by atoms with van der Waals surface area (Å²) in [7, 11) is 0. The molecule has 0 radical (unpaired) electrons. The van der Waals surface area contributed by atoms with Gasteiger partial charge >= 0.3 is 11.9 Å². The minimum atomic E-state index is -0.755. The molecule has 0 aliphatic heterocycles. The zero-order valence-electron chi connectivity index (χ0n) is 18.4. The van der Waals surface area contributed by atoms with Crippen LogP contribution in [0.5, 0.6) is 0 Å². The highest BCUT2D eigenvalue weighted by Gasteiger charge is 2.16. The van der Waals surface area contributed by atoms with E-state index < -0.39 is 6.10 Å². The molecule has 0 aliphatic carbocycles. The van der Waals surface area contributed by atoms with Crippen LogP contribution >= 0.6 is 0 Å². The van der Waals surface area contributed by atoms with E-state index in [0.717, 1.165) is 38.5 Å². The van der Waals surface area contributed by atoms with Gasteiger partial charge in [-0.1, -0.05) is 90.9 Å². The number of esters is 2. The Labute approximate surface area is 172 Å². The molecule has 5 heteroatoms. The summed E-state index contributed by atoms with van der Waals surface area (Å²) in [6.07, 6.45) is 16.0. The molecule has 0 aromatic carbocycles. The van der Waals surface area contributed by atoms with Gasteiger partial charge in [0.25, 0.3) is 0 Å². The Morgan fingerprint density at radius 1 is 0.679 bits per heavy atom. The Morgan fingerprint density at radius 2 is 1.11 bits per heavy atom. The minimum Gasteiger partial charge on any atom is -0.462 e. The fourth-order valence-corrected chi connectivity index (χ4v) is 3.08. The number of unbranched alkanes of at least 4 members (excludes halogenated alkanes) is 12. The zero-order chi connectivity index (χ0) is 20.9. The molecule has 0 unspecified atom stereocenters. The molecular formula is C23H44O5. The van der Waals surface area contributed by atoms with E-state index in [2.05, 4.69) is 13.8 Å². The third kappa shape index (κ3) is 18.3. The smallest absolute Gasteiger partial charge is 0.306 e. The lowest BCUT2D eigenvalue weighted by Crippen LogP contribution is -2.28. The molecule has 0 aromatic heterocycles. The van der Waals surface area contributed by atoms with Gasteiger partial charge < -0.3 is 14.6 Å². The Morgan fingerprint density at radius 3 is 1.57 bits per heavy atom. The first-order chi connectivity index (χ1) is 13.6. The van der Waals surface area contributed by atoms with Crippen molar-refractivity contribution in [3.8, 4) is 0 Å². The quantitative estimate of drug-likeness (QED) is 0.209. The number of carbonyl (C=O) groups excluding carboxylic acids is 2. The van der Waals surface area contributed by atoms with Crippen molar-refractivity contribution in [2.75, 3.05) is 13.2 Å². The molecule has 0 bridgehead atoms. The predicted molar refractivity (Wildman–Crippen MR) is 113 cm³/mol. The Kier molecular flexibility index (Phi) is 19.8. The highest BCUT2D eigenvalue weighted by molar-refractivity contribution is 5.70. The van der Waals surface area contributed by atoms with Crippen molar-refractivity contribution in [3.05, 3.63) is 0 Å². The van der Waals surface area contributed by atoms with Gasteiger partial charge in [-0.15, -0.1) is 0 Å². The van der Waals surface area contributed by atoms with Gasteiger partial charge in [-0.25, -0.2) is 0 Å². The fraction of sp³-hybridized carbons (Fsp3) is 0.913. The Balaban J connectivity index is 3.67. The first-order valence-corrected chi connectivity index (χ1v) is 11.6. The first kappa shape index (κ1) is 26.9. The van der Waals surface area contributed by atoms with Crippen LogP contribution in [0.15, 0.2) is 0 Å². The normalized spacial score (nSPS) is 12.0. The van der Waals surface area contributed by atoms with Crippen LogP contribution in [-0.4, -0.2) is 36.4 Å². The molecule has 0 amide bonds. The second-order valence-electron chi connectivity index (χ2n) is 7.72. The van der Waals surface area contributed by atoms with Crippen molar-refractivity contribution < 1.29 is 24.2 Å². The van der Waals surface area contributed by atoms with E-state index in [1.807, 2.05) is 0 Å². The van der Waals surface area contributed by atoms with Gasteiger partial charge in [0, 0.05) is 12.8 Å². The summed E-state index contributed by atoms with van der Waals surface area (Å²) in [4.78, 5) is 23.6. The predicted octanol–water partition coefficient (Wildman–Crippen LogP) is 5.72. The summed E-state index contributed by atoms with van der Waals surface area (Å²) in [5, 5.41) is 9.33.